The average molecular weight is 206 g/mol. The van der Waals surface area contributed by atoms with Gasteiger partial charge < -0.3 is 0 Å². The molecule has 1 aliphatic carbocycles. The summed E-state index contributed by atoms with van der Waals surface area (Å²) < 4.78 is 0.832. The highest BCUT2D eigenvalue weighted by Gasteiger charge is 1.99. The number of rotatable bonds is 0. The molecule has 0 aromatic heterocycles. The van der Waals surface area contributed by atoms with Crippen molar-refractivity contribution in [3.63, 3.8) is 0 Å². The van der Waals surface area contributed by atoms with E-state index in [1.807, 2.05) is 0 Å². The van der Waals surface area contributed by atoms with Gasteiger partial charge in [-0.2, -0.15) is 0 Å². The Bertz CT molecular complexity index is 99.3. The predicted octanol–water partition coefficient (Wildman–Crippen LogP) is 2.30. The predicted molar refractivity (Wildman–Crippen MR) is 39.7 cm³/mol. The van der Waals surface area contributed by atoms with Crippen LogP contribution in [0.15, 0.2) is 17.9 Å². The summed E-state index contributed by atoms with van der Waals surface area (Å²) in [5.41, 5.74) is 3.06. The van der Waals surface area contributed by atoms with Gasteiger partial charge in [0.1, 0.15) is 0 Å². The van der Waals surface area contributed by atoms with Crippen molar-refractivity contribution in [1.82, 2.24) is 0 Å². The first-order chi connectivity index (χ1) is 3.39. The highest BCUT2D eigenvalue weighted by atomic mass is 127. The summed E-state index contributed by atoms with van der Waals surface area (Å²) in [6.45, 7) is 0. The third-order valence-electron chi connectivity index (χ3n) is 0.983. The molecule has 0 atom stereocenters. The third-order valence-corrected chi connectivity index (χ3v) is 2.00. The molecule has 7 heavy (non-hydrogen) atoms. The first-order valence-electron chi connectivity index (χ1n) is 2.43. The van der Waals surface area contributed by atoms with E-state index in [-0.39, 0.29) is 0 Å². The first-order valence-corrected chi connectivity index (χ1v) is 3.67. The molecule has 0 nitrogen and oxygen atoms in total. The second-order valence-electron chi connectivity index (χ2n) is 1.64. The summed E-state index contributed by atoms with van der Waals surface area (Å²) in [6, 6.07) is 0. The van der Waals surface area contributed by atoms with Crippen LogP contribution in [0.2, 0.25) is 0 Å². The first kappa shape index (κ1) is 5.39. The van der Waals surface area contributed by atoms with Crippen molar-refractivity contribution in [1.29, 1.82) is 0 Å². The molecule has 38 valence electrons. The van der Waals surface area contributed by atoms with Crippen molar-refractivity contribution >= 4 is 22.6 Å². The van der Waals surface area contributed by atoms with E-state index >= 15 is 0 Å². The summed E-state index contributed by atoms with van der Waals surface area (Å²) in [6.07, 6.45) is 6.61. The van der Waals surface area contributed by atoms with Gasteiger partial charge in [0.05, 0.1) is 0 Å². The molecule has 0 amide bonds. The maximum absolute atomic E-state index is 3.06. The lowest BCUT2D eigenvalue weighted by molar-refractivity contribution is 0.909. The lowest BCUT2D eigenvalue weighted by Gasteiger charge is -2.02. The van der Waals surface area contributed by atoms with Crippen LogP contribution in [0.5, 0.6) is 0 Å². The Labute approximate surface area is 57.4 Å². The van der Waals surface area contributed by atoms with Gasteiger partial charge in [-0.3, -0.25) is 0 Å². The van der Waals surface area contributed by atoms with Crippen LogP contribution in [0.4, 0.5) is 0 Å². The minimum absolute atomic E-state index is 0.832. The van der Waals surface area contributed by atoms with Crippen LogP contribution >= 0.6 is 22.6 Å². The number of alkyl halides is 1. The zero-order valence-electron chi connectivity index (χ0n) is 4.02. The van der Waals surface area contributed by atoms with E-state index in [2.05, 4.69) is 40.5 Å². The smallest absolute Gasteiger partial charge is 0.0191 e. The molecule has 0 radical (unpaired) electrons. The van der Waals surface area contributed by atoms with Gasteiger partial charge in [0, 0.05) is 3.92 Å². The maximum Gasteiger partial charge on any atom is 0.0191 e. The summed E-state index contributed by atoms with van der Waals surface area (Å²) >= 11 is 2.45. The van der Waals surface area contributed by atoms with Crippen molar-refractivity contribution < 1.29 is 0 Å². The van der Waals surface area contributed by atoms with Gasteiger partial charge in [0.25, 0.3) is 0 Å². The normalized spacial score (nSPS) is 20.7. The van der Waals surface area contributed by atoms with Crippen molar-refractivity contribution in [2.24, 2.45) is 0 Å². The Morgan fingerprint density at radius 3 is 2.29 bits per heavy atom. The van der Waals surface area contributed by atoms with Crippen LogP contribution in [-0.4, -0.2) is 3.92 Å². The summed E-state index contributed by atoms with van der Waals surface area (Å²) in [5, 5.41) is 0. The summed E-state index contributed by atoms with van der Waals surface area (Å²) in [4.78, 5) is 0. The fourth-order valence-corrected chi connectivity index (χ4v) is 1.08. The molecule has 0 aromatic carbocycles. The molecule has 1 rings (SSSR count). The van der Waals surface area contributed by atoms with E-state index in [1.165, 1.54) is 12.8 Å². The summed E-state index contributed by atoms with van der Waals surface area (Å²) in [7, 11) is 0. The van der Waals surface area contributed by atoms with E-state index in [9.17, 15) is 0 Å². The molecule has 1 heteroatoms. The van der Waals surface area contributed by atoms with E-state index in [0.717, 1.165) is 3.92 Å². The van der Waals surface area contributed by atoms with Gasteiger partial charge in [-0.1, -0.05) is 22.6 Å². The lowest BCUT2D eigenvalue weighted by Crippen LogP contribution is -1.93. The second-order valence-corrected chi connectivity index (χ2v) is 3.41. The van der Waals surface area contributed by atoms with Gasteiger partial charge >= 0.3 is 0 Å². The van der Waals surface area contributed by atoms with Gasteiger partial charge in [-0.25, -0.2) is 0 Å². The van der Waals surface area contributed by atoms with Crippen molar-refractivity contribution in [3.05, 3.63) is 17.9 Å². The van der Waals surface area contributed by atoms with Crippen LogP contribution in [0.3, 0.4) is 0 Å². The van der Waals surface area contributed by atoms with Gasteiger partial charge in [0.15, 0.2) is 0 Å². The van der Waals surface area contributed by atoms with E-state index < -0.39 is 0 Å². The Hall–Kier alpha value is 0.250. The number of halogens is 1. The molecule has 0 bridgehead atoms. The van der Waals surface area contributed by atoms with Crippen molar-refractivity contribution in [2.45, 2.75) is 16.8 Å². The molecule has 0 unspecified atom stereocenters. The largest absolute Gasteiger partial charge is 0.130 e. The fraction of sp³-hybridized carbons (Fsp3) is 0.500. The molecule has 0 N–H and O–H groups in total. The molecule has 0 saturated heterocycles. The molecule has 0 heterocycles. The van der Waals surface area contributed by atoms with Crippen molar-refractivity contribution in [3.8, 4) is 0 Å². The van der Waals surface area contributed by atoms with Crippen molar-refractivity contribution in [2.75, 3.05) is 0 Å². The lowest BCUT2D eigenvalue weighted by atomic mass is 10.2. The monoisotopic (exact) mass is 206 g/mol. The standard InChI is InChI=1S/C6H7I/c7-6-4-2-1-3-5-6/h2-3,6H,4-5H2. The third kappa shape index (κ3) is 1.66. The van der Waals surface area contributed by atoms with Crippen LogP contribution in [0.1, 0.15) is 12.8 Å². The van der Waals surface area contributed by atoms with Crippen LogP contribution < -0.4 is 0 Å². The Morgan fingerprint density at radius 2 is 2.00 bits per heavy atom. The SMILES string of the molecule is IC1CC=C=CC1. The Morgan fingerprint density at radius 1 is 1.43 bits per heavy atom. The average Bonchev–Trinajstić information content (AvgIpc) is 1.69. The zero-order chi connectivity index (χ0) is 5.11. The highest BCUT2D eigenvalue weighted by Crippen LogP contribution is 2.13. The summed E-state index contributed by atoms with van der Waals surface area (Å²) in [5.74, 6) is 0. The van der Waals surface area contributed by atoms with E-state index in [0.29, 0.717) is 0 Å². The molecule has 0 aromatic rings. The van der Waals surface area contributed by atoms with Crippen LogP contribution in [-0.2, 0) is 0 Å². The maximum atomic E-state index is 3.06. The quantitative estimate of drug-likeness (QED) is 0.324. The molecule has 0 aliphatic heterocycles. The molecule has 0 saturated carbocycles. The van der Waals surface area contributed by atoms with E-state index in [1.54, 1.807) is 0 Å². The molecular weight excluding hydrogens is 199 g/mol. The molecular formula is C6H7I. The highest BCUT2D eigenvalue weighted by molar-refractivity contribution is 14.1. The Kier molecular flexibility index (Phi) is 1.95. The molecule has 0 fully saturated rings. The topological polar surface area (TPSA) is 0 Å². The number of hydrogen-bond acceptors (Lipinski definition) is 0. The molecule has 0 spiro atoms. The minimum atomic E-state index is 0.832. The van der Waals surface area contributed by atoms with Crippen LogP contribution in [0, 0.1) is 0 Å². The van der Waals surface area contributed by atoms with Gasteiger partial charge in [-0.05, 0) is 25.0 Å². The zero-order valence-corrected chi connectivity index (χ0v) is 6.18. The fourth-order valence-electron chi connectivity index (χ4n) is 0.571. The number of allylic oxidation sites excluding steroid dienone is 1. The second kappa shape index (κ2) is 2.53. The van der Waals surface area contributed by atoms with E-state index in [4.69, 9.17) is 0 Å². The molecule has 1 aliphatic rings. The van der Waals surface area contributed by atoms with Gasteiger partial charge in [-0.15, -0.1) is 5.73 Å². The minimum Gasteiger partial charge on any atom is -0.130 e. The Balaban J connectivity index is 2.49. The number of hydrogen-bond donors (Lipinski definition) is 0. The van der Waals surface area contributed by atoms with Gasteiger partial charge in [0.2, 0.25) is 0 Å². The van der Waals surface area contributed by atoms with Crippen LogP contribution in [0.25, 0.3) is 0 Å².